The van der Waals surface area contributed by atoms with Gasteiger partial charge in [-0.15, -0.1) is 0 Å². The molecule has 0 spiro atoms. The molecule has 0 atom stereocenters. The molecule has 1 saturated heterocycles. The summed E-state index contributed by atoms with van der Waals surface area (Å²) in [7, 11) is 3.41. The molecule has 0 aromatic heterocycles. The summed E-state index contributed by atoms with van der Waals surface area (Å²) in [6.45, 7) is 0.812. The fraction of sp³-hybridized carbons (Fsp3) is 0.800. The lowest BCUT2D eigenvalue weighted by atomic mass is 10.7. The lowest BCUT2D eigenvalue weighted by Gasteiger charge is -2.29. The molecule has 9 heavy (non-hydrogen) atoms. The first-order valence-electron chi connectivity index (χ1n) is 2.76. The molecule has 0 aromatic carbocycles. The van der Waals surface area contributed by atoms with Crippen LogP contribution in [-0.2, 0) is 4.74 Å². The van der Waals surface area contributed by atoms with Crippen molar-refractivity contribution >= 4 is 6.03 Å². The van der Waals surface area contributed by atoms with E-state index < -0.39 is 0 Å². The van der Waals surface area contributed by atoms with E-state index in [2.05, 4.69) is 0 Å². The van der Waals surface area contributed by atoms with Crippen LogP contribution >= 0.6 is 0 Å². The van der Waals surface area contributed by atoms with Crippen LogP contribution in [0.5, 0.6) is 0 Å². The predicted octanol–water partition coefficient (Wildman–Crippen LogP) is -0.0848. The van der Waals surface area contributed by atoms with Gasteiger partial charge < -0.3 is 14.5 Å². The quantitative estimate of drug-likeness (QED) is 0.459. The van der Waals surface area contributed by atoms with Crippen LogP contribution in [0.3, 0.4) is 0 Å². The number of hydrogen-bond acceptors (Lipinski definition) is 2. The van der Waals surface area contributed by atoms with Gasteiger partial charge in [0.15, 0.2) is 0 Å². The minimum atomic E-state index is 0.0150. The maximum atomic E-state index is 10.9. The fourth-order valence-electron chi connectivity index (χ4n) is 0.717. The van der Waals surface area contributed by atoms with Crippen LogP contribution in [0.15, 0.2) is 0 Å². The molecule has 0 bridgehead atoms. The molecule has 0 saturated carbocycles. The molecule has 0 aliphatic carbocycles. The fourth-order valence-corrected chi connectivity index (χ4v) is 0.717. The summed E-state index contributed by atoms with van der Waals surface area (Å²) >= 11 is 0. The zero-order chi connectivity index (χ0) is 6.85. The van der Waals surface area contributed by atoms with E-state index in [0.29, 0.717) is 13.5 Å². The third-order valence-electron chi connectivity index (χ3n) is 1.22. The van der Waals surface area contributed by atoms with Gasteiger partial charge in [-0.3, -0.25) is 0 Å². The van der Waals surface area contributed by atoms with Crippen molar-refractivity contribution in [2.45, 2.75) is 0 Å². The van der Waals surface area contributed by atoms with Crippen LogP contribution < -0.4 is 0 Å². The number of carbonyl (C=O) groups excluding carboxylic acids is 1. The van der Waals surface area contributed by atoms with Crippen molar-refractivity contribution in [3.05, 3.63) is 0 Å². The highest BCUT2D eigenvalue weighted by molar-refractivity contribution is 5.73. The highest BCUT2D eigenvalue weighted by Gasteiger charge is 2.18. The highest BCUT2D eigenvalue weighted by atomic mass is 16.5. The molecule has 0 N–H and O–H groups in total. The van der Waals surface area contributed by atoms with Gasteiger partial charge in [0.1, 0.15) is 13.5 Å². The Labute approximate surface area is 54.0 Å². The van der Waals surface area contributed by atoms with Crippen molar-refractivity contribution in [1.29, 1.82) is 0 Å². The summed E-state index contributed by atoms with van der Waals surface area (Å²) in [5.41, 5.74) is 0. The molecular weight excluding hydrogens is 120 g/mol. The van der Waals surface area contributed by atoms with E-state index >= 15 is 0 Å². The maximum Gasteiger partial charge on any atom is 0.323 e. The number of urea groups is 1. The van der Waals surface area contributed by atoms with Gasteiger partial charge in [0, 0.05) is 14.1 Å². The average Bonchev–Trinajstić information content (AvgIpc) is 1.83. The number of carbonyl (C=O) groups is 1. The van der Waals surface area contributed by atoms with Gasteiger partial charge in [-0.05, 0) is 0 Å². The summed E-state index contributed by atoms with van der Waals surface area (Å²) in [6.07, 6.45) is 0. The molecule has 52 valence electrons. The summed E-state index contributed by atoms with van der Waals surface area (Å²) in [5.74, 6) is 0. The topological polar surface area (TPSA) is 32.8 Å². The van der Waals surface area contributed by atoms with Gasteiger partial charge in [0.2, 0.25) is 0 Å². The lowest BCUT2D eigenvalue weighted by Crippen LogP contribution is -2.46. The first kappa shape index (κ1) is 6.35. The zero-order valence-corrected chi connectivity index (χ0v) is 5.63. The Morgan fingerprint density at radius 2 is 1.78 bits per heavy atom. The number of ether oxygens (including phenoxy) is 1. The molecule has 1 aliphatic heterocycles. The smallest absolute Gasteiger partial charge is 0.323 e. The van der Waals surface area contributed by atoms with E-state index in [-0.39, 0.29) is 6.03 Å². The van der Waals surface area contributed by atoms with E-state index in [1.165, 1.54) is 9.80 Å². The van der Waals surface area contributed by atoms with E-state index in [1.807, 2.05) is 0 Å². The zero-order valence-electron chi connectivity index (χ0n) is 5.63. The SMILES string of the molecule is CN1COCN(C)C1=O. The summed E-state index contributed by atoms with van der Waals surface area (Å²) in [4.78, 5) is 13.9. The summed E-state index contributed by atoms with van der Waals surface area (Å²) in [5, 5.41) is 0. The molecule has 4 heteroatoms. The van der Waals surface area contributed by atoms with Gasteiger partial charge in [0.05, 0.1) is 0 Å². The first-order chi connectivity index (χ1) is 4.22. The molecule has 0 aromatic rings. The number of amides is 2. The molecule has 1 rings (SSSR count). The standard InChI is InChI=1S/C5H10N2O2/c1-6-3-9-4-7(2)5(6)8/h3-4H2,1-2H3. The Bertz CT molecular complexity index is 114. The van der Waals surface area contributed by atoms with Crippen molar-refractivity contribution in [3.63, 3.8) is 0 Å². The minimum absolute atomic E-state index is 0.0150. The highest BCUT2D eigenvalue weighted by Crippen LogP contribution is 1.99. The van der Waals surface area contributed by atoms with Gasteiger partial charge in [0.25, 0.3) is 0 Å². The largest absolute Gasteiger partial charge is 0.341 e. The molecule has 1 heterocycles. The van der Waals surface area contributed by atoms with Crippen LogP contribution in [0.4, 0.5) is 4.79 Å². The van der Waals surface area contributed by atoms with Gasteiger partial charge in [-0.2, -0.15) is 0 Å². The van der Waals surface area contributed by atoms with Crippen LogP contribution in [0.2, 0.25) is 0 Å². The van der Waals surface area contributed by atoms with E-state index in [1.54, 1.807) is 14.1 Å². The Hall–Kier alpha value is -0.770. The van der Waals surface area contributed by atoms with Crippen molar-refractivity contribution in [3.8, 4) is 0 Å². The molecule has 1 aliphatic rings. The number of hydrogen-bond donors (Lipinski definition) is 0. The van der Waals surface area contributed by atoms with E-state index in [4.69, 9.17) is 4.74 Å². The monoisotopic (exact) mass is 130 g/mol. The van der Waals surface area contributed by atoms with Crippen molar-refractivity contribution in [2.24, 2.45) is 0 Å². The summed E-state index contributed by atoms with van der Waals surface area (Å²) in [6, 6.07) is 0.0150. The number of nitrogens with zero attached hydrogens (tertiary/aromatic N) is 2. The van der Waals surface area contributed by atoms with Gasteiger partial charge in [-0.25, -0.2) is 4.79 Å². The second kappa shape index (κ2) is 2.23. The van der Waals surface area contributed by atoms with Crippen molar-refractivity contribution in [2.75, 3.05) is 27.6 Å². The van der Waals surface area contributed by atoms with Crippen LogP contribution in [0.25, 0.3) is 0 Å². The van der Waals surface area contributed by atoms with Crippen LogP contribution in [-0.4, -0.2) is 43.4 Å². The molecule has 0 radical (unpaired) electrons. The molecule has 4 nitrogen and oxygen atoms in total. The van der Waals surface area contributed by atoms with Crippen molar-refractivity contribution < 1.29 is 9.53 Å². The molecule has 1 fully saturated rings. The maximum absolute atomic E-state index is 10.9. The van der Waals surface area contributed by atoms with Crippen LogP contribution in [0.1, 0.15) is 0 Å². The molecule has 0 unspecified atom stereocenters. The normalized spacial score (nSPS) is 20.9. The van der Waals surface area contributed by atoms with E-state index in [9.17, 15) is 4.79 Å². The Balaban J connectivity index is 2.52. The Kier molecular flexibility index (Phi) is 1.57. The third kappa shape index (κ3) is 1.13. The third-order valence-corrected chi connectivity index (χ3v) is 1.22. The average molecular weight is 130 g/mol. The predicted molar refractivity (Wildman–Crippen MR) is 31.7 cm³/mol. The van der Waals surface area contributed by atoms with Gasteiger partial charge >= 0.3 is 6.03 Å². The summed E-state index contributed by atoms with van der Waals surface area (Å²) < 4.78 is 5.00. The second-order valence-electron chi connectivity index (χ2n) is 2.14. The Morgan fingerprint density at radius 1 is 1.33 bits per heavy atom. The van der Waals surface area contributed by atoms with Crippen molar-refractivity contribution in [1.82, 2.24) is 9.80 Å². The van der Waals surface area contributed by atoms with Crippen LogP contribution in [0, 0.1) is 0 Å². The second-order valence-corrected chi connectivity index (χ2v) is 2.14. The van der Waals surface area contributed by atoms with E-state index in [0.717, 1.165) is 0 Å². The molecule has 2 amide bonds. The van der Waals surface area contributed by atoms with Gasteiger partial charge in [-0.1, -0.05) is 0 Å². The minimum Gasteiger partial charge on any atom is -0.341 e. The number of rotatable bonds is 0. The molecular formula is C5H10N2O2. The first-order valence-corrected chi connectivity index (χ1v) is 2.76. The lowest BCUT2D eigenvalue weighted by molar-refractivity contribution is -0.0340. The Morgan fingerprint density at radius 3 is 2.11 bits per heavy atom.